The molecule has 5 rings (SSSR count). The van der Waals surface area contributed by atoms with Crippen molar-refractivity contribution in [2.75, 3.05) is 44.2 Å². The molecule has 1 aromatic carbocycles. The average molecular weight is 381 g/mol. The van der Waals surface area contributed by atoms with Crippen LogP contribution in [0.3, 0.4) is 0 Å². The smallest absolute Gasteiger partial charge is 0.142 e. The maximum Gasteiger partial charge on any atom is 0.142 e. The second-order valence-corrected chi connectivity index (χ2v) is 7.54. The van der Waals surface area contributed by atoms with E-state index in [9.17, 15) is 4.39 Å². The van der Waals surface area contributed by atoms with Crippen molar-refractivity contribution < 1.29 is 4.39 Å². The van der Waals surface area contributed by atoms with E-state index in [1.54, 1.807) is 6.33 Å². The summed E-state index contributed by atoms with van der Waals surface area (Å²) in [4.78, 5) is 16.8. The summed E-state index contributed by atoms with van der Waals surface area (Å²) >= 11 is 0. The minimum atomic E-state index is -0.191. The lowest BCUT2D eigenvalue weighted by Crippen LogP contribution is -2.48. The molecular weight excluding hydrogens is 357 g/mol. The first kappa shape index (κ1) is 17.5. The van der Waals surface area contributed by atoms with Gasteiger partial charge in [-0.3, -0.25) is 10.3 Å². The Morgan fingerprint density at radius 3 is 2.68 bits per heavy atom. The molecule has 4 heterocycles. The SMILES string of the molecule is Fc1ccc(C2NNCC2CN2CCN(c3ncnc4[nH]ccc34)CC2)cc1. The van der Waals surface area contributed by atoms with Crippen LogP contribution >= 0.6 is 0 Å². The number of benzene rings is 1. The summed E-state index contributed by atoms with van der Waals surface area (Å²) in [6, 6.07) is 9.08. The number of aromatic nitrogens is 3. The normalized spacial score (nSPS) is 23.5. The maximum absolute atomic E-state index is 13.2. The highest BCUT2D eigenvalue weighted by molar-refractivity contribution is 5.87. The van der Waals surface area contributed by atoms with E-state index in [0.717, 1.165) is 61.7 Å². The summed E-state index contributed by atoms with van der Waals surface area (Å²) in [6.45, 7) is 5.83. The standard InChI is InChI=1S/C20H24FN7/c21-16-3-1-14(2-4-16)18-15(11-25-26-18)12-27-7-9-28(10-8-27)20-17-5-6-22-19(17)23-13-24-20/h1-6,13,15,18,25-26H,7-12H2,(H,22,23,24). The largest absolute Gasteiger partial charge is 0.353 e. The topological polar surface area (TPSA) is 72.1 Å². The van der Waals surface area contributed by atoms with Gasteiger partial charge in [-0.25, -0.2) is 19.8 Å². The minimum absolute atomic E-state index is 0.191. The second kappa shape index (κ2) is 7.46. The molecule has 0 spiro atoms. The van der Waals surface area contributed by atoms with E-state index in [1.165, 1.54) is 12.1 Å². The number of fused-ring (bicyclic) bond motifs is 1. The van der Waals surface area contributed by atoms with Crippen LogP contribution in [0.15, 0.2) is 42.9 Å². The van der Waals surface area contributed by atoms with E-state index in [2.05, 4.69) is 35.6 Å². The van der Waals surface area contributed by atoms with Crippen molar-refractivity contribution in [3.8, 4) is 0 Å². The zero-order valence-corrected chi connectivity index (χ0v) is 15.6. The molecular formula is C20H24FN7. The lowest BCUT2D eigenvalue weighted by molar-refractivity contribution is 0.214. The second-order valence-electron chi connectivity index (χ2n) is 7.54. The lowest BCUT2D eigenvalue weighted by Gasteiger charge is -2.37. The van der Waals surface area contributed by atoms with Gasteiger partial charge in [-0.1, -0.05) is 12.1 Å². The van der Waals surface area contributed by atoms with Crippen LogP contribution in [0.4, 0.5) is 10.2 Å². The van der Waals surface area contributed by atoms with Gasteiger partial charge in [-0.2, -0.15) is 0 Å². The fraction of sp³-hybridized carbons (Fsp3) is 0.400. The van der Waals surface area contributed by atoms with Crippen LogP contribution in [0.25, 0.3) is 11.0 Å². The minimum Gasteiger partial charge on any atom is -0.353 e. The monoisotopic (exact) mass is 381 g/mol. The van der Waals surface area contributed by atoms with Gasteiger partial charge in [-0.15, -0.1) is 0 Å². The fourth-order valence-corrected chi connectivity index (χ4v) is 4.32. The Balaban J connectivity index is 1.22. The number of rotatable bonds is 4. The van der Waals surface area contributed by atoms with Gasteiger partial charge in [0, 0.05) is 51.4 Å². The molecule has 8 heteroatoms. The average Bonchev–Trinajstić information content (AvgIpc) is 3.38. The van der Waals surface area contributed by atoms with E-state index in [-0.39, 0.29) is 11.9 Å². The van der Waals surface area contributed by atoms with Crippen LogP contribution in [0.5, 0.6) is 0 Å². The maximum atomic E-state index is 13.2. The highest BCUT2D eigenvalue weighted by atomic mass is 19.1. The van der Waals surface area contributed by atoms with Gasteiger partial charge in [0.05, 0.1) is 11.4 Å². The number of nitrogens with zero attached hydrogens (tertiary/aromatic N) is 4. The number of nitrogens with one attached hydrogen (secondary N) is 3. The van der Waals surface area contributed by atoms with Crippen molar-refractivity contribution in [1.29, 1.82) is 0 Å². The summed E-state index contributed by atoms with van der Waals surface area (Å²) in [5.74, 6) is 1.27. The predicted octanol–water partition coefficient (Wildman–Crippen LogP) is 1.68. The molecule has 0 amide bonds. The number of halogens is 1. The van der Waals surface area contributed by atoms with Gasteiger partial charge >= 0.3 is 0 Å². The number of hydrazine groups is 1. The Labute approximate surface area is 162 Å². The molecule has 0 bridgehead atoms. The third-order valence-electron chi connectivity index (χ3n) is 5.82. The van der Waals surface area contributed by atoms with Crippen LogP contribution in [0.1, 0.15) is 11.6 Å². The summed E-state index contributed by atoms with van der Waals surface area (Å²) in [5, 5.41) is 1.08. The van der Waals surface area contributed by atoms with Crippen molar-refractivity contribution in [3.63, 3.8) is 0 Å². The number of hydrogen-bond donors (Lipinski definition) is 3. The predicted molar refractivity (Wildman–Crippen MR) is 106 cm³/mol. The van der Waals surface area contributed by atoms with E-state index >= 15 is 0 Å². The molecule has 2 unspecified atom stereocenters. The van der Waals surface area contributed by atoms with Crippen molar-refractivity contribution in [2.45, 2.75) is 6.04 Å². The van der Waals surface area contributed by atoms with Crippen molar-refractivity contribution >= 4 is 16.9 Å². The van der Waals surface area contributed by atoms with Gasteiger partial charge in [0.15, 0.2) is 0 Å². The molecule has 0 aliphatic carbocycles. The first-order valence-electron chi connectivity index (χ1n) is 9.77. The van der Waals surface area contributed by atoms with Crippen LogP contribution in [0, 0.1) is 11.7 Å². The van der Waals surface area contributed by atoms with Gasteiger partial charge < -0.3 is 9.88 Å². The van der Waals surface area contributed by atoms with Crippen molar-refractivity contribution in [1.82, 2.24) is 30.7 Å². The summed E-state index contributed by atoms with van der Waals surface area (Å²) in [7, 11) is 0. The van der Waals surface area contributed by atoms with Crippen LogP contribution < -0.4 is 15.8 Å². The zero-order valence-electron chi connectivity index (χ0n) is 15.6. The molecule has 2 fully saturated rings. The van der Waals surface area contributed by atoms with Crippen LogP contribution in [-0.2, 0) is 0 Å². The van der Waals surface area contributed by atoms with E-state index in [4.69, 9.17) is 0 Å². The molecule has 2 aliphatic heterocycles. The summed E-state index contributed by atoms with van der Waals surface area (Å²) in [5.41, 5.74) is 8.65. The number of hydrogen-bond acceptors (Lipinski definition) is 6. The molecule has 3 aromatic rings. The molecule has 2 aromatic heterocycles. The number of aromatic amines is 1. The first-order chi connectivity index (χ1) is 13.8. The lowest BCUT2D eigenvalue weighted by atomic mass is 9.94. The van der Waals surface area contributed by atoms with Crippen LogP contribution in [0.2, 0.25) is 0 Å². The highest BCUT2D eigenvalue weighted by Gasteiger charge is 2.31. The highest BCUT2D eigenvalue weighted by Crippen LogP contribution is 2.27. The number of anilines is 1. The summed E-state index contributed by atoms with van der Waals surface area (Å²) < 4.78 is 13.2. The first-order valence-corrected chi connectivity index (χ1v) is 9.77. The molecule has 2 saturated heterocycles. The third kappa shape index (κ3) is 3.34. The third-order valence-corrected chi connectivity index (χ3v) is 5.82. The quantitative estimate of drug-likeness (QED) is 0.639. The van der Waals surface area contributed by atoms with Gasteiger partial charge in [0.2, 0.25) is 0 Å². The van der Waals surface area contributed by atoms with Crippen LogP contribution in [-0.4, -0.2) is 59.1 Å². The fourth-order valence-electron chi connectivity index (χ4n) is 4.32. The van der Waals surface area contributed by atoms with Crippen molar-refractivity contribution in [2.24, 2.45) is 5.92 Å². The molecule has 0 radical (unpaired) electrons. The molecule has 28 heavy (non-hydrogen) atoms. The Hall–Kier alpha value is -2.55. The number of H-pyrrole nitrogens is 1. The molecule has 146 valence electrons. The van der Waals surface area contributed by atoms with Gasteiger partial charge in [-0.05, 0) is 23.8 Å². The Morgan fingerprint density at radius 1 is 1.04 bits per heavy atom. The molecule has 3 N–H and O–H groups in total. The van der Waals surface area contributed by atoms with Gasteiger partial charge in [0.1, 0.15) is 23.6 Å². The Morgan fingerprint density at radius 2 is 1.86 bits per heavy atom. The summed E-state index contributed by atoms with van der Waals surface area (Å²) in [6.07, 6.45) is 3.54. The van der Waals surface area contributed by atoms with Crippen molar-refractivity contribution in [3.05, 3.63) is 54.2 Å². The van der Waals surface area contributed by atoms with E-state index < -0.39 is 0 Å². The molecule has 0 saturated carbocycles. The molecule has 7 nitrogen and oxygen atoms in total. The zero-order chi connectivity index (χ0) is 18.9. The Bertz CT molecular complexity index is 933. The Kier molecular flexibility index (Phi) is 4.67. The number of piperazine rings is 1. The van der Waals surface area contributed by atoms with Gasteiger partial charge in [0.25, 0.3) is 0 Å². The van der Waals surface area contributed by atoms with E-state index in [0.29, 0.717) is 5.92 Å². The molecule has 2 aliphatic rings. The van der Waals surface area contributed by atoms with E-state index in [1.807, 2.05) is 24.4 Å². The molecule has 2 atom stereocenters.